The van der Waals surface area contributed by atoms with E-state index in [2.05, 4.69) is 39.5 Å². The molecule has 1 aliphatic heterocycles. The molecule has 2 rings (SSSR count). The molecule has 0 aromatic rings. The van der Waals surface area contributed by atoms with E-state index in [0.29, 0.717) is 11.8 Å². The SMILES string of the molecule is CC1C(N)CCC(C(=O)N2CCCC(C)(C)C2)C1(C)C. The number of hydrogen-bond acceptors (Lipinski definition) is 2. The van der Waals surface area contributed by atoms with Crippen LogP contribution in [0.25, 0.3) is 0 Å². The molecule has 1 heterocycles. The highest BCUT2D eigenvalue weighted by atomic mass is 16.2. The summed E-state index contributed by atoms with van der Waals surface area (Å²) in [5, 5.41) is 0. The minimum absolute atomic E-state index is 0.0103. The molecule has 3 heteroatoms. The standard InChI is InChI=1S/C17H32N2O/c1-12-14(18)8-7-13(17(12,4)5)15(20)19-10-6-9-16(2,3)11-19/h12-14H,6-11,18H2,1-5H3. The minimum atomic E-state index is 0.0103. The largest absolute Gasteiger partial charge is 0.342 e. The Hall–Kier alpha value is -0.570. The first kappa shape index (κ1) is 15.8. The van der Waals surface area contributed by atoms with Crippen molar-refractivity contribution in [1.29, 1.82) is 0 Å². The molecule has 3 atom stereocenters. The van der Waals surface area contributed by atoms with Gasteiger partial charge in [0.05, 0.1) is 0 Å². The van der Waals surface area contributed by atoms with E-state index in [4.69, 9.17) is 5.73 Å². The fourth-order valence-corrected chi connectivity index (χ4v) is 4.12. The summed E-state index contributed by atoms with van der Waals surface area (Å²) in [5.74, 6) is 0.927. The van der Waals surface area contributed by atoms with Crippen LogP contribution in [0.15, 0.2) is 0 Å². The highest BCUT2D eigenvalue weighted by molar-refractivity contribution is 5.80. The van der Waals surface area contributed by atoms with Gasteiger partial charge in [0, 0.05) is 25.0 Å². The van der Waals surface area contributed by atoms with Crippen molar-refractivity contribution in [2.75, 3.05) is 13.1 Å². The lowest BCUT2D eigenvalue weighted by molar-refractivity contribution is -0.146. The number of hydrogen-bond donors (Lipinski definition) is 1. The van der Waals surface area contributed by atoms with Crippen molar-refractivity contribution < 1.29 is 4.79 Å². The highest BCUT2D eigenvalue weighted by Crippen LogP contribution is 2.45. The number of likely N-dealkylation sites (tertiary alicyclic amines) is 1. The molecule has 116 valence electrons. The quantitative estimate of drug-likeness (QED) is 0.802. The molecule has 1 saturated carbocycles. The summed E-state index contributed by atoms with van der Waals surface area (Å²) >= 11 is 0. The lowest BCUT2D eigenvalue weighted by atomic mass is 9.60. The molecule has 1 amide bonds. The summed E-state index contributed by atoms with van der Waals surface area (Å²) in [6, 6.07) is 0.242. The van der Waals surface area contributed by atoms with Crippen LogP contribution in [0.4, 0.5) is 0 Å². The molecular formula is C17H32N2O. The van der Waals surface area contributed by atoms with Gasteiger partial charge >= 0.3 is 0 Å². The van der Waals surface area contributed by atoms with Gasteiger partial charge in [-0.2, -0.15) is 0 Å². The van der Waals surface area contributed by atoms with E-state index >= 15 is 0 Å². The van der Waals surface area contributed by atoms with Crippen molar-refractivity contribution in [3.05, 3.63) is 0 Å². The van der Waals surface area contributed by atoms with Crippen LogP contribution in [0, 0.1) is 22.7 Å². The Balaban J connectivity index is 2.12. The second-order valence-corrected chi connectivity index (χ2v) is 8.43. The van der Waals surface area contributed by atoms with Crippen molar-refractivity contribution in [2.45, 2.75) is 66.3 Å². The molecule has 0 spiro atoms. The zero-order chi connectivity index (χ0) is 15.1. The average molecular weight is 280 g/mol. The monoisotopic (exact) mass is 280 g/mol. The van der Waals surface area contributed by atoms with Crippen LogP contribution >= 0.6 is 0 Å². The van der Waals surface area contributed by atoms with E-state index in [1.165, 1.54) is 6.42 Å². The lowest BCUT2D eigenvalue weighted by Gasteiger charge is -2.49. The van der Waals surface area contributed by atoms with Crippen molar-refractivity contribution in [3.63, 3.8) is 0 Å². The molecule has 3 unspecified atom stereocenters. The third kappa shape index (κ3) is 2.88. The van der Waals surface area contributed by atoms with Gasteiger partial charge in [0.2, 0.25) is 5.91 Å². The fraction of sp³-hybridized carbons (Fsp3) is 0.941. The first-order valence-corrected chi connectivity index (χ1v) is 8.19. The summed E-state index contributed by atoms with van der Waals surface area (Å²) < 4.78 is 0. The van der Waals surface area contributed by atoms with Gasteiger partial charge in [-0.15, -0.1) is 0 Å². The van der Waals surface area contributed by atoms with Gasteiger partial charge in [0.1, 0.15) is 0 Å². The topological polar surface area (TPSA) is 46.3 Å². The number of nitrogens with two attached hydrogens (primary N) is 1. The molecule has 0 aromatic heterocycles. The lowest BCUT2D eigenvalue weighted by Crippen LogP contribution is -2.54. The summed E-state index contributed by atoms with van der Waals surface area (Å²) in [4.78, 5) is 15.1. The number of amides is 1. The van der Waals surface area contributed by atoms with Gasteiger partial charge in [-0.25, -0.2) is 0 Å². The Kier molecular flexibility index (Phi) is 4.21. The number of nitrogens with zero attached hydrogens (tertiary/aromatic N) is 1. The predicted octanol–water partition coefficient (Wildman–Crippen LogP) is 3.03. The molecular weight excluding hydrogens is 248 g/mol. The number of carbonyl (C=O) groups excluding carboxylic acids is 1. The number of carbonyl (C=O) groups is 1. The molecule has 2 fully saturated rings. The molecule has 1 saturated heterocycles. The maximum absolute atomic E-state index is 13.0. The van der Waals surface area contributed by atoms with Crippen LogP contribution in [0.1, 0.15) is 60.3 Å². The number of piperidine rings is 1. The molecule has 2 aliphatic rings. The van der Waals surface area contributed by atoms with Gasteiger partial charge in [-0.1, -0.05) is 34.6 Å². The smallest absolute Gasteiger partial charge is 0.226 e. The molecule has 2 N–H and O–H groups in total. The predicted molar refractivity (Wildman–Crippen MR) is 83.2 cm³/mol. The third-order valence-corrected chi connectivity index (χ3v) is 6.01. The van der Waals surface area contributed by atoms with E-state index in [-0.39, 0.29) is 22.8 Å². The fourth-order valence-electron chi connectivity index (χ4n) is 4.12. The van der Waals surface area contributed by atoms with E-state index < -0.39 is 0 Å². The molecule has 0 radical (unpaired) electrons. The van der Waals surface area contributed by atoms with E-state index in [0.717, 1.165) is 32.4 Å². The first-order valence-electron chi connectivity index (χ1n) is 8.19. The van der Waals surface area contributed by atoms with Gasteiger partial charge in [0.15, 0.2) is 0 Å². The van der Waals surface area contributed by atoms with Crippen molar-refractivity contribution >= 4 is 5.91 Å². The Morgan fingerprint density at radius 1 is 1.20 bits per heavy atom. The summed E-state index contributed by atoms with van der Waals surface area (Å²) in [6.07, 6.45) is 4.31. The normalized spacial score (nSPS) is 36.7. The maximum atomic E-state index is 13.0. The molecule has 3 nitrogen and oxygen atoms in total. The van der Waals surface area contributed by atoms with Crippen LogP contribution < -0.4 is 5.73 Å². The van der Waals surface area contributed by atoms with Crippen LogP contribution in [0.2, 0.25) is 0 Å². The van der Waals surface area contributed by atoms with Crippen molar-refractivity contribution in [3.8, 4) is 0 Å². The zero-order valence-corrected chi connectivity index (χ0v) is 13.9. The van der Waals surface area contributed by atoms with E-state index in [9.17, 15) is 4.79 Å². The van der Waals surface area contributed by atoms with E-state index in [1.807, 2.05) is 0 Å². The van der Waals surface area contributed by atoms with E-state index in [1.54, 1.807) is 0 Å². The van der Waals surface area contributed by atoms with Gasteiger partial charge in [-0.3, -0.25) is 4.79 Å². The Morgan fingerprint density at radius 2 is 1.85 bits per heavy atom. The second kappa shape index (κ2) is 5.32. The van der Waals surface area contributed by atoms with Gasteiger partial charge < -0.3 is 10.6 Å². The minimum Gasteiger partial charge on any atom is -0.342 e. The van der Waals surface area contributed by atoms with Crippen molar-refractivity contribution in [1.82, 2.24) is 4.90 Å². The molecule has 1 aliphatic carbocycles. The third-order valence-electron chi connectivity index (χ3n) is 6.01. The van der Waals surface area contributed by atoms with Crippen molar-refractivity contribution in [2.24, 2.45) is 28.4 Å². The Bertz CT molecular complexity index is 375. The first-order chi connectivity index (χ1) is 9.15. The van der Waals surface area contributed by atoms with Crippen LogP contribution in [0.5, 0.6) is 0 Å². The average Bonchev–Trinajstić information content (AvgIpc) is 2.34. The Labute approximate surface area is 124 Å². The summed E-state index contributed by atoms with van der Waals surface area (Å²) in [7, 11) is 0. The second-order valence-electron chi connectivity index (χ2n) is 8.43. The van der Waals surface area contributed by atoms with Gasteiger partial charge in [-0.05, 0) is 42.4 Å². The highest BCUT2D eigenvalue weighted by Gasteiger charge is 2.46. The van der Waals surface area contributed by atoms with Crippen LogP contribution in [0.3, 0.4) is 0 Å². The van der Waals surface area contributed by atoms with Crippen LogP contribution in [-0.4, -0.2) is 29.9 Å². The number of rotatable bonds is 1. The zero-order valence-electron chi connectivity index (χ0n) is 13.9. The maximum Gasteiger partial charge on any atom is 0.226 e. The van der Waals surface area contributed by atoms with Gasteiger partial charge in [0.25, 0.3) is 0 Å². The summed E-state index contributed by atoms with van der Waals surface area (Å²) in [5.41, 5.74) is 6.50. The summed E-state index contributed by atoms with van der Waals surface area (Å²) in [6.45, 7) is 13.1. The molecule has 0 bridgehead atoms. The van der Waals surface area contributed by atoms with Crippen LogP contribution in [-0.2, 0) is 4.79 Å². The molecule has 0 aromatic carbocycles. The Morgan fingerprint density at radius 3 is 2.45 bits per heavy atom. The molecule has 20 heavy (non-hydrogen) atoms.